The molecule has 6 heteroatoms. The van der Waals surface area contributed by atoms with Crippen molar-refractivity contribution in [3.05, 3.63) is 36.0 Å². The van der Waals surface area contributed by atoms with Crippen LogP contribution in [0.5, 0.6) is 0 Å². The van der Waals surface area contributed by atoms with Crippen LogP contribution in [0.15, 0.2) is 30.5 Å². The molecule has 1 aromatic carbocycles. The first-order chi connectivity index (χ1) is 10.7. The van der Waals surface area contributed by atoms with Crippen LogP contribution in [-0.4, -0.2) is 35.4 Å². The van der Waals surface area contributed by atoms with E-state index in [9.17, 15) is 0 Å². The van der Waals surface area contributed by atoms with Gasteiger partial charge in [-0.25, -0.2) is 0 Å². The van der Waals surface area contributed by atoms with Gasteiger partial charge in [0.25, 0.3) is 0 Å². The predicted octanol–water partition coefficient (Wildman–Crippen LogP) is 3.19. The van der Waals surface area contributed by atoms with Crippen molar-refractivity contribution in [2.45, 2.75) is 26.2 Å². The monoisotopic (exact) mass is 301 g/mol. The molecule has 0 bridgehead atoms. The number of nitrogens with zero attached hydrogens (tertiary/aromatic N) is 3. The first kappa shape index (κ1) is 16.2. The second-order valence-corrected chi connectivity index (χ2v) is 5.34. The first-order valence-electron chi connectivity index (χ1n) is 7.48. The summed E-state index contributed by atoms with van der Waals surface area (Å²) in [5.41, 5.74) is 2.25. The minimum absolute atomic E-state index is 0.481. The van der Waals surface area contributed by atoms with Crippen molar-refractivity contribution in [2.75, 3.05) is 30.9 Å². The minimum atomic E-state index is 0.481. The van der Waals surface area contributed by atoms with Gasteiger partial charge in [-0.2, -0.15) is 10.1 Å². The van der Waals surface area contributed by atoms with Gasteiger partial charge in [-0.1, -0.05) is 26.0 Å². The van der Waals surface area contributed by atoms with E-state index < -0.39 is 0 Å². The smallest absolute Gasteiger partial charge is 0.249 e. The van der Waals surface area contributed by atoms with Gasteiger partial charge >= 0.3 is 0 Å². The zero-order valence-corrected chi connectivity index (χ0v) is 13.3. The van der Waals surface area contributed by atoms with Crippen molar-refractivity contribution in [2.24, 2.45) is 0 Å². The van der Waals surface area contributed by atoms with Gasteiger partial charge in [0.15, 0.2) is 5.82 Å². The third-order valence-corrected chi connectivity index (χ3v) is 3.22. The molecule has 0 unspecified atom stereocenters. The molecule has 0 aliphatic heterocycles. The van der Waals surface area contributed by atoms with E-state index in [-0.39, 0.29) is 0 Å². The molecule has 2 N–H and O–H groups in total. The fraction of sp³-hybridized carbons (Fsp3) is 0.438. The number of rotatable bonds is 8. The second-order valence-electron chi connectivity index (χ2n) is 5.34. The Kier molecular flexibility index (Phi) is 6.09. The SMILES string of the molecule is COCCCNc1cnnc(Nc2ccc(C(C)C)cc2)n1. The second kappa shape index (κ2) is 8.29. The molecule has 2 rings (SSSR count). The summed E-state index contributed by atoms with van der Waals surface area (Å²) in [6.45, 7) is 5.86. The third-order valence-electron chi connectivity index (χ3n) is 3.22. The van der Waals surface area contributed by atoms with Crippen LogP contribution < -0.4 is 10.6 Å². The van der Waals surface area contributed by atoms with Crippen LogP contribution in [0.25, 0.3) is 0 Å². The Bertz CT molecular complexity index is 571. The number of nitrogens with one attached hydrogen (secondary N) is 2. The number of anilines is 3. The van der Waals surface area contributed by atoms with E-state index in [1.165, 1.54) is 5.56 Å². The molecule has 0 saturated carbocycles. The van der Waals surface area contributed by atoms with Crippen molar-refractivity contribution in [3.63, 3.8) is 0 Å². The quantitative estimate of drug-likeness (QED) is 0.730. The van der Waals surface area contributed by atoms with Gasteiger partial charge in [-0.15, -0.1) is 5.10 Å². The fourth-order valence-corrected chi connectivity index (χ4v) is 1.96. The van der Waals surface area contributed by atoms with Gasteiger partial charge in [0, 0.05) is 25.9 Å². The standard InChI is InChI=1S/C16H23N5O/c1-12(2)13-5-7-14(8-6-13)19-16-20-15(11-18-21-16)17-9-4-10-22-3/h5-8,11-12H,4,9-10H2,1-3H3,(H2,17,19,20,21). The number of ether oxygens (including phenoxy) is 1. The van der Waals surface area contributed by atoms with E-state index in [4.69, 9.17) is 4.74 Å². The number of benzene rings is 1. The Balaban J connectivity index is 1.94. The van der Waals surface area contributed by atoms with Gasteiger partial charge in [-0.3, -0.25) is 0 Å². The van der Waals surface area contributed by atoms with Gasteiger partial charge < -0.3 is 15.4 Å². The molecule has 0 radical (unpaired) electrons. The molecular formula is C16H23N5O. The van der Waals surface area contributed by atoms with Crippen molar-refractivity contribution in [1.29, 1.82) is 0 Å². The van der Waals surface area contributed by atoms with Crippen LogP contribution in [0, 0.1) is 0 Å². The van der Waals surface area contributed by atoms with Crippen molar-refractivity contribution in [1.82, 2.24) is 15.2 Å². The fourth-order valence-electron chi connectivity index (χ4n) is 1.96. The molecule has 118 valence electrons. The number of methoxy groups -OCH3 is 1. The largest absolute Gasteiger partial charge is 0.385 e. The Hall–Kier alpha value is -2.21. The van der Waals surface area contributed by atoms with Crippen LogP contribution in [0.2, 0.25) is 0 Å². The summed E-state index contributed by atoms with van der Waals surface area (Å²) >= 11 is 0. The van der Waals surface area contributed by atoms with E-state index >= 15 is 0 Å². The average molecular weight is 301 g/mol. The maximum absolute atomic E-state index is 5.01. The zero-order valence-electron chi connectivity index (χ0n) is 13.3. The third kappa shape index (κ3) is 4.96. The van der Waals surface area contributed by atoms with Gasteiger partial charge in [0.2, 0.25) is 5.95 Å². The summed E-state index contributed by atoms with van der Waals surface area (Å²) in [7, 11) is 1.69. The van der Waals surface area contributed by atoms with Crippen molar-refractivity contribution < 1.29 is 4.74 Å². The van der Waals surface area contributed by atoms with E-state index in [0.29, 0.717) is 17.7 Å². The summed E-state index contributed by atoms with van der Waals surface area (Å²) < 4.78 is 5.01. The Morgan fingerprint density at radius 3 is 2.64 bits per heavy atom. The van der Waals surface area contributed by atoms with Gasteiger partial charge in [0.1, 0.15) is 0 Å². The lowest BCUT2D eigenvalue weighted by atomic mass is 10.0. The van der Waals surface area contributed by atoms with Crippen molar-refractivity contribution in [3.8, 4) is 0 Å². The maximum Gasteiger partial charge on any atom is 0.249 e. The molecule has 2 aromatic rings. The van der Waals surface area contributed by atoms with Crippen LogP contribution in [0.1, 0.15) is 31.7 Å². The van der Waals surface area contributed by atoms with Crippen LogP contribution in [0.3, 0.4) is 0 Å². The zero-order chi connectivity index (χ0) is 15.8. The van der Waals surface area contributed by atoms with Gasteiger partial charge in [0.05, 0.1) is 6.20 Å². The number of hydrogen-bond acceptors (Lipinski definition) is 6. The highest BCUT2D eigenvalue weighted by Gasteiger charge is 2.03. The summed E-state index contributed by atoms with van der Waals surface area (Å²) in [4.78, 5) is 4.39. The highest BCUT2D eigenvalue weighted by Crippen LogP contribution is 2.19. The van der Waals surface area contributed by atoms with E-state index in [0.717, 1.165) is 25.3 Å². The van der Waals surface area contributed by atoms with Crippen LogP contribution in [0.4, 0.5) is 17.5 Å². The number of hydrogen-bond donors (Lipinski definition) is 2. The maximum atomic E-state index is 5.01. The first-order valence-corrected chi connectivity index (χ1v) is 7.48. The molecule has 6 nitrogen and oxygen atoms in total. The van der Waals surface area contributed by atoms with Gasteiger partial charge in [-0.05, 0) is 30.0 Å². The van der Waals surface area contributed by atoms with E-state index in [1.807, 2.05) is 12.1 Å². The topological polar surface area (TPSA) is 72.0 Å². The molecule has 0 aliphatic carbocycles. The molecule has 0 aliphatic rings. The summed E-state index contributed by atoms with van der Waals surface area (Å²) in [6, 6.07) is 8.26. The molecule has 0 spiro atoms. The Morgan fingerprint density at radius 1 is 1.18 bits per heavy atom. The summed E-state index contributed by atoms with van der Waals surface area (Å²) in [5, 5.41) is 14.3. The van der Waals surface area contributed by atoms with Crippen LogP contribution in [-0.2, 0) is 4.74 Å². The lowest BCUT2D eigenvalue weighted by Crippen LogP contribution is -2.08. The molecular weight excluding hydrogens is 278 g/mol. The molecule has 1 aromatic heterocycles. The summed E-state index contributed by atoms with van der Waals surface area (Å²) in [5.74, 6) is 1.70. The molecule has 0 atom stereocenters. The van der Waals surface area contributed by atoms with E-state index in [2.05, 4.69) is 51.8 Å². The predicted molar refractivity (Wildman–Crippen MR) is 88.6 cm³/mol. The van der Waals surface area contributed by atoms with E-state index in [1.54, 1.807) is 13.3 Å². The minimum Gasteiger partial charge on any atom is -0.385 e. The highest BCUT2D eigenvalue weighted by molar-refractivity contribution is 5.54. The Morgan fingerprint density at radius 2 is 1.95 bits per heavy atom. The molecule has 22 heavy (non-hydrogen) atoms. The van der Waals surface area contributed by atoms with Crippen LogP contribution >= 0.6 is 0 Å². The van der Waals surface area contributed by atoms with Crippen molar-refractivity contribution >= 4 is 17.5 Å². The Labute approximate surface area is 131 Å². The lowest BCUT2D eigenvalue weighted by molar-refractivity contribution is 0.197. The molecule has 0 fully saturated rings. The number of aromatic nitrogens is 3. The molecule has 1 heterocycles. The normalized spacial score (nSPS) is 10.7. The lowest BCUT2D eigenvalue weighted by Gasteiger charge is -2.09. The highest BCUT2D eigenvalue weighted by atomic mass is 16.5. The molecule has 0 saturated heterocycles. The molecule has 0 amide bonds. The average Bonchev–Trinajstić information content (AvgIpc) is 2.52. The summed E-state index contributed by atoms with van der Waals surface area (Å²) in [6.07, 6.45) is 2.53.